The van der Waals surface area contributed by atoms with Crippen molar-refractivity contribution in [2.45, 2.75) is 34.6 Å². The Morgan fingerprint density at radius 1 is 1.12 bits per heavy atom. The van der Waals surface area contributed by atoms with Gasteiger partial charge in [-0.3, -0.25) is 4.55 Å². The minimum absolute atomic E-state index is 0. The van der Waals surface area contributed by atoms with E-state index in [2.05, 4.69) is 4.18 Å². The average molecular weight is 425 g/mol. The molecule has 0 unspecified atom stereocenters. The maximum Gasteiger partial charge on any atom is 0.446 e. The quantitative estimate of drug-likeness (QED) is 0.692. The fourth-order valence-corrected chi connectivity index (χ4v) is 2.38. The van der Waals surface area contributed by atoms with Crippen LogP contribution >= 0.6 is 0 Å². The van der Waals surface area contributed by atoms with Crippen LogP contribution in [0.5, 0.6) is 0 Å². The Bertz CT molecular complexity index is 457. The van der Waals surface area contributed by atoms with Gasteiger partial charge in [0.2, 0.25) is 0 Å². The normalized spacial score (nSPS) is 19.9. The van der Waals surface area contributed by atoms with E-state index in [-0.39, 0.29) is 20.1 Å². The third kappa shape index (κ3) is 2.74. The van der Waals surface area contributed by atoms with Gasteiger partial charge >= 0.3 is 10.4 Å². The molecule has 4 nitrogen and oxygen atoms in total. The largest absolute Gasteiger partial charge is 0.446 e. The smallest absolute Gasteiger partial charge is 0.365 e. The van der Waals surface area contributed by atoms with Crippen LogP contribution in [0.1, 0.15) is 34.6 Å². The van der Waals surface area contributed by atoms with E-state index in [1.807, 2.05) is 27.7 Å². The predicted octanol–water partition coefficient (Wildman–Crippen LogP) is 2.45. The van der Waals surface area contributed by atoms with Crippen LogP contribution in [0.25, 0.3) is 0 Å². The molecule has 0 amide bonds. The molecule has 0 saturated carbocycles. The van der Waals surface area contributed by atoms with E-state index in [4.69, 9.17) is 4.55 Å². The topological polar surface area (TPSA) is 63.6 Å². The van der Waals surface area contributed by atoms with Crippen molar-refractivity contribution >= 4 is 10.4 Å². The molecular weight excluding hydrogens is 408 g/mol. The first-order valence-corrected chi connectivity index (χ1v) is 6.00. The minimum atomic E-state index is -4.44. The van der Waals surface area contributed by atoms with Crippen LogP contribution in [0.15, 0.2) is 22.5 Å². The van der Waals surface area contributed by atoms with Crippen molar-refractivity contribution in [3.8, 4) is 0 Å². The molecule has 1 aliphatic rings. The van der Waals surface area contributed by atoms with Crippen molar-refractivity contribution in [2.75, 3.05) is 0 Å². The van der Waals surface area contributed by atoms with Crippen LogP contribution in [-0.4, -0.2) is 13.0 Å². The van der Waals surface area contributed by atoms with Crippen molar-refractivity contribution in [1.29, 1.82) is 0 Å². The van der Waals surface area contributed by atoms with Crippen molar-refractivity contribution in [3.05, 3.63) is 22.5 Å². The fourth-order valence-electron chi connectivity index (χ4n) is 1.83. The molecule has 0 aliphatic heterocycles. The maximum atomic E-state index is 10.7. The first-order valence-electron chi connectivity index (χ1n) is 4.64. The van der Waals surface area contributed by atoms with Gasteiger partial charge in [-0.05, 0) is 45.8 Å². The summed E-state index contributed by atoms with van der Waals surface area (Å²) < 4.78 is 34.8. The molecule has 6 heteroatoms. The first-order chi connectivity index (χ1) is 6.57. The molecule has 0 fully saturated rings. The van der Waals surface area contributed by atoms with E-state index in [1.165, 1.54) is 0 Å². The molecule has 0 spiro atoms. The fraction of sp³-hybridized carbons (Fsp3) is 0.600. The van der Waals surface area contributed by atoms with Crippen LogP contribution in [0.3, 0.4) is 0 Å². The molecule has 1 radical (unpaired) electrons. The van der Waals surface area contributed by atoms with Gasteiger partial charge in [-0.1, -0.05) is 5.57 Å². The zero-order valence-corrected chi connectivity index (χ0v) is 13.1. The van der Waals surface area contributed by atoms with Gasteiger partial charge in [0.1, 0.15) is 5.76 Å². The van der Waals surface area contributed by atoms with Gasteiger partial charge < -0.3 is 4.18 Å². The van der Waals surface area contributed by atoms with Crippen LogP contribution in [0.2, 0.25) is 0 Å². The van der Waals surface area contributed by atoms with E-state index >= 15 is 0 Å². The molecule has 0 bridgehead atoms. The van der Waals surface area contributed by atoms with Gasteiger partial charge in [0.25, 0.3) is 0 Å². The first kappa shape index (κ1) is 15.8. The summed E-state index contributed by atoms with van der Waals surface area (Å²) in [7, 11) is -4.44. The third-order valence-corrected chi connectivity index (χ3v) is 3.54. The monoisotopic (exact) mass is 425 g/mol. The van der Waals surface area contributed by atoms with Gasteiger partial charge in [0.15, 0.2) is 0 Å². The SMILES string of the molecule is CC1=C(C)C(C)(C)C(OS(=O)(=O)O)=C1C.[Ir]. The van der Waals surface area contributed by atoms with Gasteiger partial charge in [0.05, 0.1) is 0 Å². The Hall–Kier alpha value is -0.161. The summed E-state index contributed by atoms with van der Waals surface area (Å²) in [6.45, 7) is 9.35. The second kappa shape index (κ2) is 4.61. The van der Waals surface area contributed by atoms with Gasteiger partial charge in [-0.15, -0.1) is 0 Å². The van der Waals surface area contributed by atoms with Crippen LogP contribution < -0.4 is 0 Å². The Labute approximate surface area is 110 Å². The minimum Gasteiger partial charge on any atom is -0.365 e. The molecule has 1 aliphatic carbocycles. The molecular formula is C10H16IrO4S. The summed E-state index contributed by atoms with van der Waals surface area (Å²) in [4.78, 5) is 0. The van der Waals surface area contributed by atoms with Crippen LogP contribution in [0.4, 0.5) is 0 Å². The van der Waals surface area contributed by atoms with E-state index in [0.29, 0.717) is 5.76 Å². The van der Waals surface area contributed by atoms with E-state index < -0.39 is 15.8 Å². The van der Waals surface area contributed by atoms with Crippen LogP contribution in [-0.2, 0) is 34.7 Å². The van der Waals surface area contributed by atoms with E-state index in [1.54, 1.807) is 6.92 Å². The standard InChI is InChI=1S/C10H16O4S.Ir/c1-6-7(2)9(14-15(11,12)13)10(4,5)8(6)3;/h1-5H3,(H,11,12,13);. The van der Waals surface area contributed by atoms with Crippen LogP contribution in [0, 0.1) is 5.41 Å². The molecule has 0 aromatic heterocycles. The predicted molar refractivity (Wildman–Crippen MR) is 57.5 cm³/mol. The average Bonchev–Trinajstić information content (AvgIpc) is 2.18. The van der Waals surface area contributed by atoms with E-state index in [0.717, 1.165) is 16.7 Å². The molecule has 16 heavy (non-hydrogen) atoms. The molecule has 0 aromatic rings. The maximum absolute atomic E-state index is 10.7. The summed E-state index contributed by atoms with van der Waals surface area (Å²) in [6.07, 6.45) is 0. The molecule has 0 atom stereocenters. The molecule has 0 aromatic carbocycles. The van der Waals surface area contributed by atoms with Gasteiger partial charge in [-0.25, -0.2) is 0 Å². The summed E-state index contributed by atoms with van der Waals surface area (Å²) in [6, 6.07) is 0. The second-order valence-electron chi connectivity index (χ2n) is 4.34. The zero-order valence-electron chi connectivity index (χ0n) is 9.91. The summed E-state index contributed by atoms with van der Waals surface area (Å²) in [5.74, 6) is 0.306. The summed E-state index contributed by atoms with van der Waals surface area (Å²) in [5, 5.41) is 0. The molecule has 95 valence electrons. The summed E-state index contributed by atoms with van der Waals surface area (Å²) >= 11 is 0. The zero-order chi connectivity index (χ0) is 12.0. The Morgan fingerprint density at radius 3 is 1.81 bits per heavy atom. The molecule has 1 N–H and O–H groups in total. The Balaban J connectivity index is 0.00000225. The van der Waals surface area contributed by atoms with Gasteiger partial charge in [-0.2, -0.15) is 8.42 Å². The Morgan fingerprint density at radius 2 is 1.56 bits per heavy atom. The molecule has 0 saturated heterocycles. The van der Waals surface area contributed by atoms with Crippen molar-refractivity contribution in [1.82, 2.24) is 0 Å². The third-order valence-electron chi connectivity index (χ3n) is 3.16. The Kier molecular flexibility index (Phi) is 4.56. The number of rotatable bonds is 2. The molecule has 1 rings (SSSR count). The van der Waals surface area contributed by atoms with Crippen molar-refractivity contribution in [2.24, 2.45) is 5.41 Å². The number of hydrogen-bond donors (Lipinski definition) is 1. The summed E-state index contributed by atoms with van der Waals surface area (Å²) in [5.41, 5.74) is 2.36. The second-order valence-corrected chi connectivity index (χ2v) is 5.36. The molecule has 0 heterocycles. The van der Waals surface area contributed by atoms with Crippen molar-refractivity contribution in [3.63, 3.8) is 0 Å². The van der Waals surface area contributed by atoms with Crippen molar-refractivity contribution < 1.29 is 37.3 Å². The number of hydrogen-bond acceptors (Lipinski definition) is 3. The van der Waals surface area contributed by atoms with Gasteiger partial charge in [0, 0.05) is 25.5 Å². The van der Waals surface area contributed by atoms with E-state index in [9.17, 15) is 8.42 Å². The number of allylic oxidation sites excluding steroid dienone is 3.